The Morgan fingerprint density at radius 3 is 2.25 bits per heavy atom. The van der Waals surface area contributed by atoms with E-state index in [1.165, 1.54) is 6.07 Å². The van der Waals surface area contributed by atoms with E-state index in [9.17, 15) is 9.59 Å². The average Bonchev–Trinajstić information content (AvgIpc) is 2.89. The lowest BCUT2D eigenvalue weighted by Crippen LogP contribution is -2.17. The number of furan rings is 1. The number of hydrogen-bond donors (Lipinski definition) is 2. The summed E-state index contributed by atoms with van der Waals surface area (Å²) < 4.78 is 5.20. The number of rotatable bonds is 4. The number of amides is 1. The monoisotopic (exact) mass is 273 g/mol. The van der Waals surface area contributed by atoms with E-state index in [4.69, 9.17) is 9.52 Å². The Kier molecular flexibility index (Phi) is 3.89. The minimum atomic E-state index is -1.10. The van der Waals surface area contributed by atoms with Crippen LogP contribution in [0.2, 0.25) is 0 Å². The first-order valence-corrected chi connectivity index (χ1v) is 6.22. The highest BCUT2D eigenvalue weighted by atomic mass is 16.4. The molecule has 5 nitrogen and oxygen atoms in total. The van der Waals surface area contributed by atoms with E-state index in [1.54, 1.807) is 30.3 Å². The van der Waals surface area contributed by atoms with Gasteiger partial charge in [-0.3, -0.25) is 4.79 Å². The molecule has 0 bridgehead atoms. The highest BCUT2D eigenvalue weighted by Crippen LogP contribution is 2.24. The summed E-state index contributed by atoms with van der Waals surface area (Å²) in [5.41, 5.74) is 1.44. The maximum atomic E-state index is 11.6. The molecular weight excluding hydrogens is 258 g/mol. The van der Waals surface area contributed by atoms with Crippen molar-refractivity contribution in [2.24, 2.45) is 5.92 Å². The van der Waals surface area contributed by atoms with Crippen LogP contribution in [0.3, 0.4) is 0 Å². The third kappa shape index (κ3) is 3.06. The summed E-state index contributed by atoms with van der Waals surface area (Å²) in [4.78, 5) is 22.3. The molecule has 0 aliphatic carbocycles. The zero-order chi connectivity index (χ0) is 14.7. The van der Waals surface area contributed by atoms with Gasteiger partial charge in [0.1, 0.15) is 5.76 Å². The van der Waals surface area contributed by atoms with Gasteiger partial charge in [-0.15, -0.1) is 0 Å². The molecule has 20 heavy (non-hydrogen) atoms. The Balaban J connectivity index is 2.15. The largest absolute Gasteiger partial charge is 0.475 e. The fourth-order valence-electron chi connectivity index (χ4n) is 1.61. The Morgan fingerprint density at radius 1 is 1.10 bits per heavy atom. The van der Waals surface area contributed by atoms with E-state index >= 15 is 0 Å². The fraction of sp³-hybridized carbons (Fsp3) is 0.200. The second kappa shape index (κ2) is 5.61. The molecule has 2 N–H and O–H groups in total. The molecular formula is C15H15NO4. The van der Waals surface area contributed by atoms with Gasteiger partial charge in [0.2, 0.25) is 11.7 Å². The van der Waals surface area contributed by atoms with Crippen LogP contribution in [0.4, 0.5) is 5.69 Å². The molecule has 0 fully saturated rings. The molecule has 0 spiro atoms. The highest BCUT2D eigenvalue weighted by molar-refractivity contribution is 5.92. The summed E-state index contributed by atoms with van der Waals surface area (Å²) in [6.07, 6.45) is 0. The summed E-state index contributed by atoms with van der Waals surface area (Å²) in [6.45, 7) is 3.64. The van der Waals surface area contributed by atoms with Crippen molar-refractivity contribution in [3.8, 4) is 11.3 Å². The summed E-state index contributed by atoms with van der Waals surface area (Å²) in [5, 5.41) is 11.6. The van der Waals surface area contributed by atoms with Gasteiger partial charge >= 0.3 is 5.97 Å². The Labute approximate surface area is 116 Å². The third-order valence-electron chi connectivity index (χ3n) is 2.78. The van der Waals surface area contributed by atoms with Crippen LogP contribution in [0.25, 0.3) is 11.3 Å². The number of nitrogens with one attached hydrogen (secondary N) is 1. The van der Waals surface area contributed by atoms with Crippen molar-refractivity contribution < 1.29 is 19.1 Å². The molecule has 0 radical (unpaired) electrons. The number of carboxylic acid groups (broad SMARTS) is 1. The van der Waals surface area contributed by atoms with Gasteiger partial charge < -0.3 is 14.8 Å². The molecule has 0 saturated heterocycles. The average molecular weight is 273 g/mol. The molecule has 0 unspecified atom stereocenters. The smallest absolute Gasteiger partial charge is 0.371 e. The number of anilines is 1. The predicted molar refractivity (Wildman–Crippen MR) is 74.6 cm³/mol. The molecule has 0 aliphatic rings. The van der Waals surface area contributed by atoms with Crippen molar-refractivity contribution in [2.75, 3.05) is 5.32 Å². The number of carbonyl (C=O) groups is 2. The molecule has 2 rings (SSSR count). The topological polar surface area (TPSA) is 79.5 Å². The van der Waals surface area contributed by atoms with Crippen molar-refractivity contribution >= 4 is 17.6 Å². The first-order valence-electron chi connectivity index (χ1n) is 6.22. The molecule has 2 aromatic rings. The molecule has 1 aromatic heterocycles. The zero-order valence-corrected chi connectivity index (χ0v) is 11.2. The summed E-state index contributed by atoms with van der Waals surface area (Å²) in [5.74, 6) is -0.861. The van der Waals surface area contributed by atoms with Gasteiger partial charge in [-0.05, 0) is 36.4 Å². The van der Waals surface area contributed by atoms with Gasteiger partial charge in [0.15, 0.2) is 0 Å². The van der Waals surface area contributed by atoms with E-state index in [0.29, 0.717) is 11.4 Å². The Bertz CT molecular complexity index is 626. The van der Waals surface area contributed by atoms with Gasteiger partial charge in [0, 0.05) is 17.2 Å². The minimum absolute atomic E-state index is 0.0519. The lowest BCUT2D eigenvalue weighted by atomic mass is 10.1. The predicted octanol–water partition coefficient (Wildman–Crippen LogP) is 3.24. The summed E-state index contributed by atoms with van der Waals surface area (Å²) >= 11 is 0. The van der Waals surface area contributed by atoms with E-state index in [2.05, 4.69) is 5.32 Å². The first-order chi connectivity index (χ1) is 9.47. The normalized spacial score (nSPS) is 10.6. The highest BCUT2D eigenvalue weighted by Gasteiger charge is 2.11. The number of hydrogen-bond acceptors (Lipinski definition) is 3. The van der Waals surface area contributed by atoms with Crippen molar-refractivity contribution in [1.29, 1.82) is 0 Å². The third-order valence-corrected chi connectivity index (χ3v) is 2.78. The van der Waals surface area contributed by atoms with Crippen LogP contribution >= 0.6 is 0 Å². The van der Waals surface area contributed by atoms with Gasteiger partial charge in [0.25, 0.3) is 0 Å². The second-order valence-electron chi connectivity index (χ2n) is 4.69. The van der Waals surface area contributed by atoms with E-state index < -0.39 is 5.97 Å². The lowest BCUT2D eigenvalue weighted by Gasteiger charge is -2.07. The maximum absolute atomic E-state index is 11.6. The number of benzene rings is 1. The van der Waals surface area contributed by atoms with Crippen LogP contribution in [-0.4, -0.2) is 17.0 Å². The maximum Gasteiger partial charge on any atom is 0.371 e. The van der Waals surface area contributed by atoms with Crippen LogP contribution < -0.4 is 5.32 Å². The zero-order valence-electron chi connectivity index (χ0n) is 11.2. The van der Waals surface area contributed by atoms with Gasteiger partial charge in [-0.25, -0.2) is 4.79 Å². The van der Waals surface area contributed by atoms with Crippen LogP contribution in [0.1, 0.15) is 24.4 Å². The van der Waals surface area contributed by atoms with E-state index in [-0.39, 0.29) is 17.6 Å². The van der Waals surface area contributed by atoms with Crippen LogP contribution in [-0.2, 0) is 4.79 Å². The molecule has 1 heterocycles. The molecule has 0 saturated carbocycles. The minimum Gasteiger partial charge on any atom is -0.475 e. The molecule has 1 amide bonds. The molecule has 5 heteroatoms. The molecule has 1 aromatic carbocycles. The van der Waals surface area contributed by atoms with Crippen molar-refractivity contribution in [3.05, 3.63) is 42.2 Å². The van der Waals surface area contributed by atoms with Crippen molar-refractivity contribution in [1.82, 2.24) is 0 Å². The quantitative estimate of drug-likeness (QED) is 0.896. The Morgan fingerprint density at radius 2 is 1.75 bits per heavy atom. The SMILES string of the molecule is CC(C)C(=O)Nc1ccc(-c2ccc(C(=O)O)o2)cc1. The van der Waals surface area contributed by atoms with Gasteiger partial charge in [0.05, 0.1) is 0 Å². The van der Waals surface area contributed by atoms with Crippen LogP contribution in [0, 0.1) is 5.92 Å². The lowest BCUT2D eigenvalue weighted by molar-refractivity contribution is -0.118. The van der Waals surface area contributed by atoms with Crippen LogP contribution in [0.15, 0.2) is 40.8 Å². The molecule has 104 valence electrons. The Hall–Kier alpha value is -2.56. The van der Waals surface area contributed by atoms with Crippen LogP contribution in [0.5, 0.6) is 0 Å². The van der Waals surface area contributed by atoms with E-state index in [0.717, 1.165) is 5.56 Å². The summed E-state index contributed by atoms with van der Waals surface area (Å²) in [6, 6.07) is 10.0. The standard InChI is InChI=1S/C15H15NO4/c1-9(2)14(17)16-11-5-3-10(4-6-11)12-7-8-13(20-12)15(18)19/h3-9H,1-2H3,(H,16,17)(H,18,19). The summed E-state index contributed by atoms with van der Waals surface area (Å²) in [7, 11) is 0. The second-order valence-corrected chi connectivity index (χ2v) is 4.69. The van der Waals surface area contributed by atoms with Gasteiger partial charge in [-0.2, -0.15) is 0 Å². The number of carbonyl (C=O) groups excluding carboxylic acids is 1. The first kappa shape index (κ1) is 13.9. The van der Waals surface area contributed by atoms with Gasteiger partial charge in [-0.1, -0.05) is 13.8 Å². The number of carboxylic acids is 1. The number of aromatic carboxylic acids is 1. The fourth-order valence-corrected chi connectivity index (χ4v) is 1.61. The van der Waals surface area contributed by atoms with Crippen molar-refractivity contribution in [2.45, 2.75) is 13.8 Å². The molecule has 0 aliphatic heterocycles. The van der Waals surface area contributed by atoms with Crippen molar-refractivity contribution in [3.63, 3.8) is 0 Å². The van der Waals surface area contributed by atoms with E-state index in [1.807, 2.05) is 13.8 Å². The molecule has 0 atom stereocenters.